The molecule has 2 aromatic rings. The summed E-state index contributed by atoms with van der Waals surface area (Å²) < 4.78 is 5.39. The van der Waals surface area contributed by atoms with Crippen LogP contribution in [0.2, 0.25) is 0 Å². The van der Waals surface area contributed by atoms with Gasteiger partial charge in [0.15, 0.2) is 0 Å². The van der Waals surface area contributed by atoms with Crippen molar-refractivity contribution in [2.75, 3.05) is 7.11 Å². The summed E-state index contributed by atoms with van der Waals surface area (Å²) in [6, 6.07) is 14.9. The van der Waals surface area contributed by atoms with Crippen LogP contribution in [0.25, 0.3) is 0 Å². The second kappa shape index (κ2) is 5.90. The smallest absolute Gasteiger partial charge is 0.122 e. The molecular weight excluding hydrogens is 258 g/mol. The second-order valence-electron chi connectivity index (χ2n) is 6.00. The number of ether oxygens (including phenoxy) is 1. The Labute approximate surface area is 126 Å². The molecule has 1 atom stereocenters. The summed E-state index contributed by atoms with van der Waals surface area (Å²) in [5.41, 5.74) is 11.2. The fourth-order valence-corrected chi connectivity index (χ4v) is 2.94. The van der Waals surface area contributed by atoms with Gasteiger partial charge in [-0.25, -0.2) is 0 Å². The molecule has 0 bridgehead atoms. The number of methoxy groups -OCH3 is 1. The van der Waals surface area contributed by atoms with Crippen LogP contribution >= 0.6 is 0 Å². The maximum atomic E-state index is 6.41. The van der Waals surface area contributed by atoms with E-state index in [1.807, 2.05) is 13.0 Å². The molecule has 2 aromatic carbocycles. The van der Waals surface area contributed by atoms with Crippen LogP contribution in [0.3, 0.4) is 0 Å². The quantitative estimate of drug-likeness (QED) is 0.906. The molecule has 3 rings (SSSR count). The van der Waals surface area contributed by atoms with Crippen LogP contribution in [0, 0.1) is 6.92 Å². The molecule has 110 valence electrons. The zero-order valence-electron chi connectivity index (χ0n) is 12.8. The minimum atomic E-state index is -0.102. The topological polar surface area (TPSA) is 35.2 Å². The summed E-state index contributed by atoms with van der Waals surface area (Å²) in [4.78, 5) is 0. The maximum Gasteiger partial charge on any atom is 0.122 e. The van der Waals surface area contributed by atoms with E-state index in [0.717, 1.165) is 28.4 Å². The van der Waals surface area contributed by atoms with E-state index < -0.39 is 0 Å². The summed E-state index contributed by atoms with van der Waals surface area (Å²) in [5.74, 6) is 1.67. The third-order valence-corrected chi connectivity index (χ3v) is 4.66. The van der Waals surface area contributed by atoms with Gasteiger partial charge in [0.25, 0.3) is 0 Å². The van der Waals surface area contributed by atoms with Gasteiger partial charge < -0.3 is 10.5 Å². The molecule has 1 unspecified atom stereocenters. The van der Waals surface area contributed by atoms with Crippen LogP contribution in [-0.2, 0) is 0 Å². The minimum Gasteiger partial charge on any atom is -0.496 e. The Morgan fingerprint density at radius 2 is 1.71 bits per heavy atom. The summed E-state index contributed by atoms with van der Waals surface area (Å²) in [6.07, 6.45) is 4.04. The molecule has 1 saturated carbocycles. The third kappa shape index (κ3) is 2.81. The van der Waals surface area contributed by atoms with E-state index in [1.165, 1.54) is 24.8 Å². The minimum absolute atomic E-state index is 0.102. The molecule has 2 nitrogen and oxygen atoms in total. The SMILES string of the molecule is COc1cc(C(N)c2ccc(C3CCC3)cc2)ccc1C. The van der Waals surface area contributed by atoms with Crippen molar-refractivity contribution >= 4 is 0 Å². The van der Waals surface area contributed by atoms with Gasteiger partial charge in [0, 0.05) is 0 Å². The molecule has 0 heterocycles. The molecule has 21 heavy (non-hydrogen) atoms. The highest BCUT2D eigenvalue weighted by Crippen LogP contribution is 2.36. The van der Waals surface area contributed by atoms with Gasteiger partial charge in [-0.3, -0.25) is 0 Å². The van der Waals surface area contributed by atoms with Crippen LogP contribution in [-0.4, -0.2) is 7.11 Å². The Kier molecular flexibility index (Phi) is 3.98. The number of hydrogen-bond acceptors (Lipinski definition) is 2. The summed E-state index contributed by atoms with van der Waals surface area (Å²) in [7, 11) is 1.70. The molecule has 0 aromatic heterocycles. The van der Waals surface area contributed by atoms with E-state index in [1.54, 1.807) is 7.11 Å². The normalized spacial score (nSPS) is 16.3. The van der Waals surface area contributed by atoms with E-state index in [0.29, 0.717) is 0 Å². The van der Waals surface area contributed by atoms with E-state index in [9.17, 15) is 0 Å². The molecule has 0 amide bonds. The fourth-order valence-electron chi connectivity index (χ4n) is 2.94. The van der Waals surface area contributed by atoms with Gasteiger partial charge in [-0.2, -0.15) is 0 Å². The highest BCUT2D eigenvalue weighted by atomic mass is 16.5. The Morgan fingerprint density at radius 3 is 2.29 bits per heavy atom. The molecule has 0 radical (unpaired) electrons. The van der Waals surface area contributed by atoms with Gasteiger partial charge in [0.2, 0.25) is 0 Å². The fraction of sp³-hybridized carbons (Fsp3) is 0.368. The molecular formula is C19H23NO. The zero-order chi connectivity index (χ0) is 14.8. The summed E-state index contributed by atoms with van der Waals surface area (Å²) >= 11 is 0. The van der Waals surface area contributed by atoms with Gasteiger partial charge >= 0.3 is 0 Å². The van der Waals surface area contributed by atoms with Crippen LogP contribution in [0.15, 0.2) is 42.5 Å². The number of aryl methyl sites for hydroxylation is 1. The predicted molar refractivity (Wildman–Crippen MR) is 86.8 cm³/mol. The monoisotopic (exact) mass is 281 g/mol. The van der Waals surface area contributed by atoms with Crippen molar-refractivity contribution in [3.05, 3.63) is 64.7 Å². The maximum absolute atomic E-state index is 6.41. The van der Waals surface area contributed by atoms with E-state index in [2.05, 4.69) is 36.4 Å². The molecule has 1 aliphatic carbocycles. The number of rotatable bonds is 4. The van der Waals surface area contributed by atoms with Crippen molar-refractivity contribution in [2.24, 2.45) is 5.73 Å². The van der Waals surface area contributed by atoms with Gasteiger partial charge in [0.05, 0.1) is 13.2 Å². The zero-order valence-corrected chi connectivity index (χ0v) is 12.8. The predicted octanol–water partition coefficient (Wildman–Crippen LogP) is 4.32. The van der Waals surface area contributed by atoms with Crippen molar-refractivity contribution in [3.63, 3.8) is 0 Å². The molecule has 0 aliphatic heterocycles. The lowest BCUT2D eigenvalue weighted by atomic mass is 9.79. The Bertz CT molecular complexity index is 614. The average Bonchev–Trinajstić information content (AvgIpc) is 2.46. The Morgan fingerprint density at radius 1 is 1.05 bits per heavy atom. The van der Waals surface area contributed by atoms with Crippen molar-refractivity contribution in [1.29, 1.82) is 0 Å². The second-order valence-corrected chi connectivity index (χ2v) is 6.00. The van der Waals surface area contributed by atoms with E-state index in [4.69, 9.17) is 10.5 Å². The summed E-state index contributed by atoms with van der Waals surface area (Å²) in [6.45, 7) is 2.04. The molecule has 1 aliphatic rings. The van der Waals surface area contributed by atoms with Crippen molar-refractivity contribution in [2.45, 2.75) is 38.1 Å². The molecule has 0 spiro atoms. The van der Waals surface area contributed by atoms with E-state index >= 15 is 0 Å². The lowest BCUT2D eigenvalue weighted by Gasteiger charge is -2.26. The van der Waals surface area contributed by atoms with Crippen molar-refractivity contribution < 1.29 is 4.74 Å². The van der Waals surface area contributed by atoms with Gasteiger partial charge in [0.1, 0.15) is 5.75 Å². The first-order valence-electron chi connectivity index (χ1n) is 7.69. The molecule has 2 heteroatoms. The first-order chi connectivity index (χ1) is 10.2. The van der Waals surface area contributed by atoms with Gasteiger partial charge in [-0.1, -0.05) is 42.8 Å². The number of nitrogens with two attached hydrogens (primary N) is 1. The average molecular weight is 281 g/mol. The van der Waals surface area contributed by atoms with E-state index in [-0.39, 0.29) is 6.04 Å². The lowest BCUT2D eigenvalue weighted by Crippen LogP contribution is -2.13. The first-order valence-corrected chi connectivity index (χ1v) is 7.69. The Balaban J connectivity index is 1.82. The van der Waals surface area contributed by atoms with Crippen LogP contribution in [0.5, 0.6) is 5.75 Å². The largest absolute Gasteiger partial charge is 0.496 e. The van der Waals surface area contributed by atoms with Crippen LogP contribution in [0.4, 0.5) is 0 Å². The molecule has 2 N–H and O–H groups in total. The van der Waals surface area contributed by atoms with Gasteiger partial charge in [-0.15, -0.1) is 0 Å². The molecule has 0 saturated heterocycles. The highest BCUT2D eigenvalue weighted by Gasteiger charge is 2.19. The standard InChI is InChI=1S/C19H23NO/c1-13-6-7-17(12-18(13)21-2)19(20)16-10-8-15(9-11-16)14-4-3-5-14/h6-12,14,19H,3-5,20H2,1-2H3. The summed E-state index contributed by atoms with van der Waals surface area (Å²) in [5, 5.41) is 0. The van der Waals surface area contributed by atoms with Gasteiger partial charge in [-0.05, 0) is 54.0 Å². The third-order valence-electron chi connectivity index (χ3n) is 4.66. The Hall–Kier alpha value is -1.80. The van der Waals surface area contributed by atoms with Crippen molar-refractivity contribution in [3.8, 4) is 5.75 Å². The molecule has 1 fully saturated rings. The van der Waals surface area contributed by atoms with Crippen LogP contribution in [0.1, 0.15) is 53.5 Å². The lowest BCUT2D eigenvalue weighted by molar-refractivity contribution is 0.411. The van der Waals surface area contributed by atoms with Crippen LogP contribution < -0.4 is 10.5 Å². The van der Waals surface area contributed by atoms with Crippen molar-refractivity contribution in [1.82, 2.24) is 0 Å². The first kappa shape index (κ1) is 14.2. The highest BCUT2D eigenvalue weighted by molar-refractivity contribution is 5.41. The number of hydrogen-bond donors (Lipinski definition) is 1. The number of benzene rings is 2.